The van der Waals surface area contributed by atoms with Crippen LogP contribution in [0.2, 0.25) is 0 Å². The van der Waals surface area contributed by atoms with E-state index in [-0.39, 0.29) is 17.7 Å². The van der Waals surface area contributed by atoms with Gasteiger partial charge in [-0.1, -0.05) is 31.5 Å². The summed E-state index contributed by atoms with van der Waals surface area (Å²) in [5.74, 6) is -0.0192. The summed E-state index contributed by atoms with van der Waals surface area (Å²) in [6.07, 6.45) is -3.78. The molecule has 7 heteroatoms. The van der Waals surface area contributed by atoms with E-state index in [1.54, 1.807) is 12.1 Å². The molecule has 0 amide bonds. The molecule has 0 saturated heterocycles. The highest BCUT2D eigenvalue weighted by Gasteiger charge is 2.36. The highest BCUT2D eigenvalue weighted by molar-refractivity contribution is 5.63. The topological polar surface area (TPSA) is 38.2 Å². The third-order valence-electron chi connectivity index (χ3n) is 3.34. The highest BCUT2D eigenvalue weighted by atomic mass is 19.4. The summed E-state index contributed by atoms with van der Waals surface area (Å²) in [7, 11) is 1.54. The number of nitrogens with zero attached hydrogens (tertiary/aromatic N) is 3. The van der Waals surface area contributed by atoms with Crippen LogP contribution in [0.1, 0.15) is 25.0 Å². The SMILES string of the molecule is Cc1ccc(N(C)c2nc(OCC(C)C)ncc2C(F)(F)F)cc1. The molecule has 0 N–H and O–H groups in total. The van der Waals surface area contributed by atoms with Crippen LogP contribution in [0.25, 0.3) is 0 Å². The van der Waals surface area contributed by atoms with Gasteiger partial charge in [0, 0.05) is 18.9 Å². The van der Waals surface area contributed by atoms with Crippen LogP contribution in [0, 0.1) is 12.8 Å². The van der Waals surface area contributed by atoms with Crippen molar-refractivity contribution < 1.29 is 17.9 Å². The Kier molecular flexibility index (Phi) is 5.31. The van der Waals surface area contributed by atoms with Gasteiger partial charge in [0.1, 0.15) is 5.56 Å². The second kappa shape index (κ2) is 7.07. The summed E-state index contributed by atoms with van der Waals surface area (Å²) >= 11 is 0. The van der Waals surface area contributed by atoms with E-state index in [4.69, 9.17) is 4.74 Å². The number of hydrogen-bond donors (Lipinski definition) is 0. The van der Waals surface area contributed by atoms with Crippen LogP contribution < -0.4 is 9.64 Å². The first kappa shape index (κ1) is 18.0. The standard InChI is InChI=1S/C17H20F3N3O/c1-11(2)10-24-16-21-9-14(17(18,19)20)15(22-16)23(4)13-7-5-12(3)6-8-13/h5-9,11H,10H2,1-4H3. The molecule has 0 spiro atoms. The predicted molar refractivity (Wildman–Crippen MR) is 86.6 cm³/mol. The van der Waals surface area contributed by atoms with Crippen molar-refractivity contribution >= 4 is 11.5 Å². The smallest absolute Gasteiger partial charge is 0.421 e. The number of anilines is 2. The molecule has 4 nitrogen and oxygen atoms in total. The van der Waals surface area contributed by atoms with Gasteiger partial charge >= 0.3 is 12.2 Å². The number of aryl methyl sites for hydroxylation is 1. The minimum absolute atomic E-state index is 0.0642. The van der Waals surface area contributed by atoms with E-state index < -0.39 is 11.7 Å². The Morgan fingerprint density at radius 3 is 2.33 bits per heavy atom. The normalized spacial score (nSPS) is 11.7. The maximum Gasteiger partial charge on any atom is 0.421 e. The number of benzene rings is 1. The molecule has 24 heavy (non-hydrogen) atoms. The fourth-order valence-electron chi connectivity index (χ4n) is 2.01. The summed E-state index contributed by atoms with van der Waals surface area (Å²) in [5.41, 5.74) is 0.717. The van der Waals surface area contributed by atoms with E-state index in [0.29, 0.717) is 12.3 Å². The summed E-state index contributed by atoms with van der Waals surface area (Å²) in [6.45, 7) is 6.11. The largest absolute Gasteiger partial charge is 0.463 e. The molecule has 0 unspecified atom stereocenters. The molecule has 0 fully saturated rings. The maximum absolute atomic E-state index is 13.3. The van der Waals surface area contributed by atoms with Gasteiger partial charge < -0.3 is 9.64 Å². The van der Waals surface area contributed by atoms with Crippen molar-refractivity contribution in [2.24, 2.45) is 5.92 Å². The molecule has 0 aliphatic heterocycles. The van der Waals surface area contributed by atoms with Gasteiger partial charge in [-0.25, -0.2) is 4.98 Å². The Hall–Kier alpha value is -2.31. The van der Waals surface area contributed by atoms with Crippen molar-refractivity contribution in [1.82, 2.24) is 9.97 Å². The van der Waals surface area contributed by atoms with Gasteiger partial charge in [-0.15, -0.1) is 0 Å². The molecule has 1 aromatic carbocycles. The van der Waals surface area contributed by atoms with Crippen LogP contribution in [-0.2, 0) is 6.18 Å². The van der Waals surface area contributed by atoms with E-state index in [0.717, 1.165) is 11.8 Å². The molecule has 1 aromatic heterocycles. The van der Waals surface area contributed by atoms with Gasteiger partial charge in [0.05, 0.1) is 6.61 Å². The van der Waals surface area contributed by atoms with Crippen LogP contribution in [0.15, 0.2) is 30.5 Å². The second-order valence-corrected chi connectivity index (χ2v) is 5.99. The van der Waals surface area contributed by atoms with E-state index >= 15 is 0 Å². The molecule has 0 bridgehead atoms. The Balaban J connectivity index is 2.42. The lowest BCUT2D eigenvalue weighted by Gasteiger charge is -2.22. The summed E-state index contributed by atoms with van der Waals surface area (Å²) < 4.78 is 45.2. The lowest BCUT2D eigenvalue weighted by Crippen LogP contribution is -2.19. The van der Waals surface area contributed by atoms with Crippen molar-refractivity contribution in [3.8, 4) is 6.01 Å². The van der Waals surface area contributed by atoms with Gasteiger partial charge in [-0.3, -0.25) is 0 Å². The number of ether oxygens (including phenoxy) is 1. The highest BCUT2D eigenvalue weighted by Crippen LogP contribution is 2.37. The van der Waals surface area contributed by atoms with Gasteiger partial charge in [-0.2, -0.15) is 18.2 Å². The molecule has 0 radical (unpaired) electrons. The maximum atomic E-state index is 13.3. The Bertz CT molecular complexity index is 684. The van der Waals surface area contributed by atoms with Crippen LogP contribution in [0.5, 0.6) is 6.01 Å². The first-order valence-corrected chi connectivity index (χ1v) is 7.56. The quantitative estimate of drug-likeness (QED) is 0.797. The average Bonchev–Trinajstić information content (AvgIpc) is 2.51. The van der Waals surface area contributed by atoms with Crippen LogP contribution >= 0.6 is 0 Å². The van der Waals surface area contributed by atoms with Gasteiger partial charge in [-0.05, 0) is 25.0 Å². The first-order valence-electron chi connectivity index (χ1n) is 7.56. The Morgan fingerprint density at radius 2 is 1.79 bits per heavy atom. The number of halogens is 3. The average molecular weight is 339 g/mol. The molecule has 1 heterocycles. The zero-order valence-corrected chi connectivity index (χ0v) is 14.1. The fraction of sp³-hybridized carbons (Fsp3) is 0.412. The van der Waals surface area contributed by atoms with E-state index in [1.165, 1.54) is 11.9 Å². The fourth-order valence-corrected chi connectivity index (χ4v) is 2.01. The van der Waals surface area contributed by atoms with Gasteiger partial charge in [0.15, 0.2) is 5.82 Å². The molecule has 0 aliphatic carbocycles. The first-order chi connectivity index (χ1) is 11.2. The minimum Gasteiger partial charge on any atom is -0.463 e. The second-order valence-electron chi connectivity index (χ2n) is 5.99. The molecular formula is C17H20F3N3O. The zero-order chi connectivity index (χ0) is 17.9. The van der Waals surface area contributed by atoms with Crippen molar-refractivity contribution in [2.45, 2.75) is 26.9 Å². The van der Waals surface area contributed by atoms with Crippen molar-refractivity contribution in [2.75, 3.05) is 18.6 Å². The predicted octanol–water partition coefficient (Wildman–Crippen LogP) is 4.61. The molecule has 2 aromatic rings. The third-order valence-corrected chi connectivity index (χ3v) is 3.34. The number of hydrogen-bond acceptors (Lipinski definition) is 4. The molecule has 0 saturated carbocycles. The van der Waals surface area contributed by atoms with Crippen molar-refractivity contribution in [3.63, 3.8) is 0 Å². The monoisotopic (exact) mass is 339 g/mol. The number of alkyl halides is 3. The number of rotatable bonds is 5. The molecule has 2 rings (SSSR count). The zero-order valence-electron chi connectivity index (χ0n) is 14.1. The molecule has 130 valence electrons. The minimum atomic E-state index is -4.55. The summed E-state index contributed by atoms with van der Waals surface area (Å²) in [4.78, 5) is 9.05. The Morgan fingerprint density at radius 1 is 1.17 bits per heavy atom. The summed E-state index contributed by atoms with van der Waals surface area (Å²) in [6, 6.07) is 7.08. The molecule has 0 aliphatic rings. The van der Waals surface area contributed by atoms with Crippen LogP contribution in [-0.4, -0.2) is 23.6 Å². The molecule has 0 atom stereocenters. The lowest BCUT2D eigenvalue weighted by molar-refractivity contribution is -0.137. The van der Waals surface area contributed by atoms with Crippen molar-refractivity contribution in [1.29, 1.82) is 0 Å². The van der Waals surface area contributed by atoms with E-state index in [9.17, 15) is 13.2 Å². The third kappa shape index (κ3) is 4.37. The van der Waals surface area contributed by atoms with Crippen LogP contribution in [0.3, 0.4) is 0 Å². The van der Waals surface area contributed by atoms with E-state index in [1.807, 2.05) is 32.9 Å². The van der Waals surface area contributed by atoms with Crippen LogP contribution in [0.4, 0.5) is 24.7 Å². The van der Waals surface area contributed by atoms with Gasteiger partial charge in [0.25, 0.3) is 0 Å². The Labute approximate surface area is 139 Å². The van der Waals surface area contributed by atoms with E-state index in [2.05, 4.69) is 9.97 Å². The summed E-state index contributed by atoms with van der Waals surface area (Å²) in [5, 5.41) is 0. The molecular weight excluding hydrogens is 319 g/mol. The van der Waals surface area contributed by atoms with Gasteiger partial charge in [0.2, 0.25) is 0 Å². The number of aromatic nitrogens is 2. The van der Waals surface area contributed by atoms with Crippen molar-refractivity contribution in [3.05, 3.63) is 41.6 Å². The lowest BCUT2D eigenvalue weighted by atomic mass is 10.2.